The van der Waals surface area contributed by atoms with Gasteiger partial charge in [-0.2, -0.15) is 0 Å². The van der Waals surface area contributed by atoms with E-state index in [0.29, 0.717) is 13.2 Å². The van der Waals surface area contributed by atoms with Crippen molar-refractivity contribution in [1.82, 2.24) is 10.2 Å². The normalized spacial score (nSPS) is 18.9. The molecule has 1 amide bonds. The van der Waals surface area contributed by atoms with E-state index >= 15 is 0 Å². The molecule has 0 saturated carbocycles. The van der Waals surface area contributed by atoms with Crippen molar-refractivity contribution in [2.75, 3.05) is 19.6 Å². The second kappa shape index (κ2) is 7.14. The first-order valence-corrected chi connectivity index (χ1v) is 6.99. The SMILES string of the molecule is CCN(C(=O)OCc1ccccc1)[C@H]1CCCNC1. The van der Waals surface area contributed by atoms with Crippen molar-refractivity contribution in [3.05, 3.63) is 35.9 Å². The first-order chi connectivity index (χ1) is 9.31. The number of nitrogens with zero attached hydrogens (tertiary/aromatic N) is 1. The van der Waals surface area contributed by atoms with Gasteiger partial charge in [0.2, 0.25) is 0 Å². The highest BCUT2D eigenvalue weighted by Gasteiger charge is 2.24. The molecule has 4 heteroatoms. The molecule has 1 heterocycles. The van der Waals surface area contributed by atoms with Crippen LogP contribution in [0.2, 0.25) is 0 Å². The van der Waals surface area contributed by atoms with Gasteiger partial charge in [-0.1, -0.05) is 30.3 Å². The van der Waals surface area contributed by atoms with Crippen molar-refractivity contribution in [1.29, 1.82) is 0 Å². The molecule has 1 fully saturated rings. The fraction of sp³-hybridized carbons (Fsp3) is 0.533. The first kappa shape index (κ1) is 13.9. The number of carbonyl (C=O) groups is 1. The topological polar surface area (TPSA) is 41.6 Å². The van der Waals surface area contributed by atoms with Crippen LogP contribution in [-0.2, 0) is 11.3 Å². The summed E-state index contributed by atoms with van der Waals surface area (Å²) in [6.07, 6.45) is 1.97. The van der Waals surface area contributed by atoms with Crippen LogP contribution in [-0.4, -0.2) is 36.7 Å². The summed E-state index contributed by atoms with van der Waals surface area (Å²) in [7, 11) is 0. The predicted molar refractivity (Wildman–Crippen MR) is 74.9 cm³/mol. The summed E-state index contributed by atoms with van der Waals surface area (Å²) in [6, 6.07) is 10.0. The highest BCUT2D eigenvalue weighted by atomic mass is 16.6. The maximum atomic E-state index is 12.1. The summed E-state index contributed by atoms with van der Waals surface area (Å²) in [6.45, 7) is 4.95. The van der Waals surface area contributed by atoms with Crippen LogP contribution in [0.25, 0.3) is 0 Å². The predicted octanol–water partition coefficient (Wildman–Crippen LogP) is 2.40. The van der Waals surface area contributed by atoms with E-state index in [2.05, 4.69) is 5.32 Å². The van der Waals surface area contributed by atoms with Gasteiger partial charge in [0, 0.05) is 19.1 Å². The van der Waals surface area contributed by atoms with Crippen molar-refractivity contribution < 1.29 is 9.53 Å². The average molecular weight is 262 g/mol. The van der Waals surface area contributed by atoms with Crippen LogP contribution in [0.15, 0.2) is 30.3 Å². The number of hydrogen-bond acceptors (Lipinski definition) is 3. The average Bonchev–Trinajstić information content (AvgIpc) is 2.48. The van der Waals surface area contributed by atoms with Gasteiger partial charge in [0.05, 0.1) is 0 Å². The molecule has 1 N–H and O–H groups in total. The Hall–Kier alpha value is -1.55. The van der Waals surface area contributed by atoms with E-state index in [0.717, 1.165) is 31.5 Å². The lowest BCUT2D eigenvalue weighted by molar-refractivity contribution is 0.0771. The van der Waals surface area contributed by atoms with Crippen LogP contribution >= 0.6 is 0 Å². The fourth-order valence-corrected chi connectivity index (χ4v) is 2.44. The Bertz CT molecular complexity index is 388. The summed E-state index contributed by atoms with van der Waals surface area (Å²) in [4.78, 5) is 14.0. The molecule has 1 aromatic rings. The Morgan fingerprint density at radius 1 is 1.42 bits per heavy atom. The minimum absolute atomic E-state index is 0.208. The number of likely N-dealkylation sites (N-methyl/N-ethyl adjacent to an activating group) is 1. The Labute approximate surface area is 114 Å². The number of hydrogen-bond donors (Lipinski definition) is 1. The summed E-state index contributed by atoms with van der Waals surface area (Å²) in [5.41, 5.74) is 1.02. The third-order valence-electron chi connectivity index (χ3n) is 3.49. The molecule has 2 rings (SSSR count). The van der Waals surface area contributed by atoms with E-state index in [-0.39, 0.29) is 12.1 Å². The lowest BCUT2D eigenvalue weighted by atomic mass is 10.1. The Morgan fingerprint density at radius 2 is 2.21 bits per heavy atom. The minimum atomic E-state index is -0.208. The maximum Gasteiger partial charge on any atom is 0.410 e. The zero-order valence-electron chi connectivity index (χ0n) is 11.5. The van der Waals surface area contributed by atoms with E-state index in [1.54, 1.807) is 0 Å². The standard InChI is InChI=1S/C15H22N2O2/c1-2-17(14-9-6-10-16-11-14)15(18)19-12-13-7-4-3-5-8-13/h3-5,7-8,14,16H,2,6,9-12H2,1H3/t14-/m0/s1. The molecule has 0 spiro atoms. The van der Waals surface area contributed by atoms with Crippen LogP contribution in [0.1, 0.15) is 25.3 Å². The van der Waals surface area contributed by atoms with E-state index in [1.807, 2.05) is 42.2 Å². The molecule has 0 aliphatic carbocycles. The summed E-state index contributed by atoms with van der Waals surface area (Å²) < 4.78 is 5.39. The van der Waals surface area contributed by atoms with Gasteiger partial charge in [0.25, 0.3) is 0 Å². The highest BCUT2D eigenvalue weighted by molar-refractivity contribution is 5.68. The van der Waals surface area contributed by atoms with Gasteiger partial charge in [0.1, 0.15) is 6.61 Å². The third kappa shape index (κ3) is 3.96. The first-order valence-electron chi connectivity index (χ1n) is 6.99. The zero-order chi connectivity index (χ0) is 13.5. The van der Waals surface area contributed by atoms with E-state index < -0.39 is 0 Å². The summed E-state index contributed by atoms with van der Waals surface area (Å²) in [5, 5.41) is 3.33. The zero-order valence-corrected chi connectivity index (χ0v) is 11.5. The Morgan fingerprint density at radius 3 is 2.84 bits per heavy atom. The van der Waals surface area contributed by atoms with Gasteiger partial charge in [0.15, 0.2) is 0 Å². The number of piperidine rings is 1. The molecule has 0 radical (unpaired) electrons. The van der Waals surface area contributed by atoms with E-state index in [9.17, 15) is 4.79 Å². The molecule has 1 atom stereocenters. The molecule has 4 nitrogen and oxygen atoms in total. The molecule has 19 heavy (non-hydrogen) atoms. The van der Waals surface area contributed by atoms with Gasteiger partial charge in [-0.3, -0.25) is 0 Å². The second-order valence-corrected chi connectivity index (χ2v) is 4.83. The molecule has 1 aromatic carbocycles. The van der Waals surface area contributed by atoms with Crippen molar-refractivity contribution in [3.8, 4) is 0 Å². The van der Waals surface area contributed by atoms with Crippen molar-refractivity contribution in [3.63, 3.8) is 0 Å². The number of amides is 1. The quantitative estimate of drug-likeness (QED) is 0.906. The lowest BCUT2D eigenvalue weighted by Crippen LogP contribution is -2.48. The lowest BCUT2D eigenvalue weighted by Gasteiger charge is -2.33. The number of ether oxygens (including phenoxy) is 1. The van der Waals surface area contributed by atoms with Gasteiger partial charge in [-0.15, -0.1) is 0 Å². The third-order valence-corrected chi connectivity index (χ3v) is 3.49. The van der Waals surface area contributed by atoms with Crippen LogP contribution in [0, 0.1) is 0 Å². The molecule has 0 unspecified atom stereocenters. The van der Waals surface area contributed by atoms with Crippen LogP contribution in [0.3, 0.4) is 0 Å². The Kier molecular flexibility index (Phi) is 5.21. The van der Waals surface area contributed by atoms with E-state index in [1.165, 1.54) is 0 Å². The van der Waals surface area contributed by atoms with Crippen LogP contribution in [0.4, 0.5) is 4.79 Å². The Balaban J connectivity index is 1.86. The monoisotopic (exact) mass is 262 g/mol. The van der Waals surface area contributed by atoms with Crippen LogP contribution in [0.5, 0.6) is 0 Å². The molecule has 0 aromatic heterocycles. The van der Waals surface area contributed by atoms with Gasteiger partial charge in [-0.25, -0.2) is 4.79 Å². The molecule has 104 valence electrons. The van der Waals surface area contributed by atoms with Gasteiger partial charge >= 0.3 is 6.09 Å². The van der Waals surface area contributed by atoms with Crippen molar-refractivity contribution in [2.45, 2.75) is 32.4 Å². The van der Waals surface area contributed by atoms with E-state index in [4.69, 9.17) is 4.74 Å². The molecular weight excluding hydrogens is 240 g/mol. The molecule has 0 bridgehead atoms. The van der Waals surface area contributed by atoms with Crippen molar-refractivity contribution in [2.24, 2.45) is 0 Å². The molecular formula is C15H22N2O2. The largest absolute Gasteiger partial charge is 0.445 e. The maximum absolute atomic E-state index is 12.1. The number of nitrogens with one attached hydrogen (secondary N) is 1. The smallest absolute Gasteiger partial charge is 0.410 e. The minimum Gasteiger partial charge on any atom is -0.445 e. The van der Waals surface area contributed by atoms with Crippen molar-refractivity contribution >= 4 is 6.09 Å². The van der Waals surface area contributed by atoms with Gasteiger partial charge < -0.3 is 15.0 Å². The second-order valence-electron chi connectivity index (χ2n) is 4.83. The highest BCUT2D eigenvalue weighted by Crippen LogP contribution is 2.12. The summed E-state index contributed by atoms with van der Waals surface area (Å²) in [5.74, 6) is 0. The molecule has 1 aliphatic heterocycles. The number of rotatable bonds is 4. The molecule has 1 saturated heterocycles. The van der Waals surface area contributed by atoms with Crippen LogP contribution < -0.4 is 5.32 Å². The number of benzene rings is 1. The molecule has 1 aliphatic rings. The summed E-state index contributed by atoms with van der Waals surface area (Å²) >= 11 is 0. The fourth-order valence-electron chi connectivity index (χ4n) is 2.44. The number of carbonyl (C=O) groups excluding carboxylic acids is 1. The van der Waals surface area contributed by atoms with Gasteiger partial charge in [-0.05, 0) is 31.9 Å².